The highest BCUT2D eigenvalue weighted by Gasteiger charge is 2.26. The molecular formula is C29H34N2O3. The molecule has 5 nitrogen and oxygen atoms in total. The summed E-state index contributed by atoms with van der Waals surface area (Å²) in [4.78, 5) is 15.2. The quantitative estimate of drug-likeness (QED) is 0.469. The first-order valence-corrected chi connectivity index (χ1v) is 12.0. The van der Waals surface area contributed by atoms with Crippen molar-refractivity contribution >= 4 is 5.91 Å². The molecule has 1 heterocycles. The summed E-state index contributed by atoms with van der Waals surface area (Å²) in [7, 11) is 1.68. The number of benzene rings is 3. The minimum atomic E-state index is 0.0295. The zero-order chi connectivity index (χ0) is 23.8. The van der Waals surface area contributed by atoms with Crippen LogP contribution >= 0.6 is 0 Å². The summed E-state index contributed by atoms with van der Waals surface area (Å²) in [6.45, 7) is 5.21. The lowest BCUT2D eigenvalue weighted by Gasteiger charge is -2.32. The Bertz CT molecular complexity index is 1050. The van der Waals surface area contributed by atoms with Crippen molar-refractivity contribution in [3.8, 4) is 11.5 Å². The van der Waals surface area contributed by atoms with Gasteiger partial charge in [0.2, 0.25) is 5.91 Å². The topological polar surface area (TPSA) is 50.8 Å². The lowest BCUT2D eigenvalue weighted by atomic mass is 9.95. The highest BCUT2D eigenvalue weighted by molar-refractivity contribution is 5.79. The molecule has 0 radical (unpaired) electrons. The molecule has 0 spiro atoms. The molecule has 3 aromatic carbocycles. The Hall–Kier alpha value is -3.31. The van der Waals surface area contributed by atoms with E-state index in [0.717, 1.165) is 55.1 Å². The number of piperidine rings is 1. The van der Waals surface area contributed by atoms with Gasteiger partial charge >= 0.3 is 0 Å². The van der Waals surface area contributed by atoms with Crippen molar-refractivity contribution < 1.29 is 14.3 Å². The molecule has 1 amide bonds. The third kappa shape index (κ3) is 6.39. The molecule has 0 aromatic heterocycles. The van der Waals surface area contributed by atoms with Gasteiger partial charge in [0.25, 0.3) is 0 Å². The molecule has 1 saturated heterocycles. The Morgan fingerprint density at radius 3 is 2.29 bits per heavy atom. The van der Waals surface area contributed by atoms with Crippen LogP contribution in [0.4, 0.5) is 0 Å². The maximum Gasteiger partial charge on any atom is 0.223 e. The lowest BCUT2D eigenvalue weighted by molar-refractivity contribution is -0.127. The van der Waals surface area contributed by atoms with E-state index in [2.05, 4.69) is 34.5 Å². The lowest BCUT2D eigenvalue weighted by Crippen LogP contribution is -2.40. The largest absolute Gasteiger partial charge is 0.493 e. The predicted octanol–water partition coefficient (Wildman–Crippen LogP) is 5.36. The van der Waals surface area contributed by atoms with E-state index < -0.39 is 0 Å². The van der Waals surface area contributed by atoms with Gasteiger partial charge < -0.3 is 14.8 Å². The van der Waals surface area contributed by atoms with Crippen LogP contribution in [0.15, 0.2) is 78.9 Å². The Kier molecular flexibility index (Phi) is 8.21. The highest BCUT2D eigenvalue weighted by Crippen LogP contribution is 2.30. The normalized spacial score (nSPS) is 15.5. The fourth-order valence-corrected chi connectivity index (χ4v) is 4.43. The van der Waals surface area contributed by atoms with Crippen molar-refractivity contribution in [2.75, 3.05) is 20.2 Å². The van der Waals surface area contributed by atoms with Crippen LogP contribution in [0.2, 0.25) is 0 Å². The molecule has 0 unspecified atom stereocenters. The van der Waals surface area contributed by atoms with E-state index in [9.17, 15) is 4.79 Å². The molecule has 0 saturated carbocycles. The number of likely N-dealkylation sites (tertiary alicyclic amines) is 1. The number of rotatable bonds is 9. The van der Waals surface area contributed by atoms with Crippen LogP contribution < -0.4 is 14.8 Å². The molecule has 4 rings (SSSR count). The van der Waals surface area contributed by atoms with Gasteiger partial charge in [-0.2, -0.15) is 0 Å². The van der Waals surface area contributed by atoms with Crippen molar-refractivity contribution in [2.24, 2.45) is 5.92 Å². The first-order valence-electron chi connectivity index (χ1n) is 12.0. The van der Waals surface area contributed by atoms with Crippen molar-refractivity contribution in [1.29, 1.82) is 0 Å². The number of carbonyl (C=O) groups excluding carboxylic acids is 1. The van der Waals surface area contributed by atoms with Crippen LogP contribution in [-0.2, 0) is 17.9 Å². The number of hydrogen-bond donors (Lipinski definition) is 1. The molecule has 1 aliphatic heterocycles. The molecule has 1 atom stereocenters. The van der Waals surface area contributed by atoms with E-state index in [4.69, 9.17) is 9.47 Å². The van der Waals surface area contributed by atoms with E-state index in [-0.39, 0.29) is 17.9 Å². The number of nitrogens with zero attached hydrogens (tertiary/aromatic N) is 1. The minimum absolute atomic E-state index is 0.0295. The van der Waals surface area contributed by atoms with Crippen LogP contribution in [0.1, 0.15) is 42.5 Å². The second kappa shape index (κ2) is 11.7. The molecule has 3 aromatic rings. The second-order valence-electron chi connectivity index (χ2n) is 8.95. The fourth-order valence-electron chi connectivity index (χ4n) is 4.43. The molecular weight excluding hydrogens is 424 g/mol. The molecule has 34 heavy (non-hydrogen) atoms. The number of carbonyl (C=O) groups is 1. The van der Waals surface area contributed by atoms with Crippen molar-refractivity contribution in [3.05, 3.63) is 95.6 Å². The van der Waals surface area contributed by atoms with E-state index in [0.29, 0.717) is 6.61 Å². The molecule has 178 valence electrons. The Morgan fingerprint density at radius 2 is 1.62 bits per heavy atom. The van der Waals surface area contributed by atoms with Gasteiger partial charge in [0.05, 0.1) is 13.2 Å². The van der Waals surface area contributed by atoms with Crippen molar-refractivity contribution in [3.63, 3.8) is 0 Å². The molecule has 1 fully saturated rings. The van der Waals surface area contributed by atoms with Crippen LogP contribution in [-0.4, -0.2) is 31.0 Å². The van der Waals surface area contributed by atoms with E-state index in [1.54, 1.807) is 7.11 Å². The molecule has 1 aliphatic rings. The third-order valence-electron chi connectivity index (χ3n) is 6.49. The maximum absolute atomic E-state index is 12.8. The maximum atomic E-state index is 12.8. The number of amides is 1. The predicted molar refractivity (Wildman–Crippen MR) is 135 cm³/mol. The third-order valence-corrected chi connectivity index (χ3v) is 6.49. The van der Waals surface area contributed by atoms with Gasteiger partial charge in [0, 0.05) is 12.5 Å². The van der Waals surface area contributed by atoms with Gasteiger partial charge in [-0.05, 0) is 61.7 Å². The molecule has 0 bridgehead atoms. The summed E-state index contributed by atoms with van der Waals surface area (Å²) in [6, 6.07) is 26.4. The van der Waals surface area contributed by atoms with Crippen LogP contribution in [0.25, 0.3) is 0 Å². The highest BCUT2D eigenvalue weighted by atomic mass is 16.5. The van der Waals surface area contributed by atoms with Crippen molar-refractivity contribution in [2.45, 2.75) is 39.0 Å². The first kappa shape index (κ1) is 23.8. The summed E-state index contributed by atoms with van der Waals surface area (Å²) in [5.74, 6) is 1.74. The Labute approximate surface area is 202 Å². The van der Waals surface area contributed by atoms with Crippen LogP contribution in [0.3, 0.4) is 0 Å². The summed E-state index contributed by atoms with van der Waals surface area (Å²) >= 11 is 0. The van der Waals surface area contributed by atoms with Gasteiger partial charge in [-0.25, -0.2) is 0 Å². The number of hydrogen-bond acceptors (Lipinski definition) is 4. The molecule has 5 heteroatoms. The van der Waals surface area contributed by atoms with Gasteiger partial charge in [0.1, 0.15) is 6.61 Å². The van der Waals surface area contributed by atoms with Gasteiger partial charge in [-0.15, -0.1) is 0 Å². The summed E-state index contributed by atoms with van der Waals surface area (Å²) in [5, 5.41) is 3.19. The zero-order valence-electron chi connectivity index (χ0n) is 20.1. The Morgan fingerprint density at radius 1 is 0.941 bits per heavy atom. The smallest absolute Gasteiger partial charge is 0.223 e. The monoisotopic (exact) mass is 458 g/mol. The van der Waals surface area contributed by atoms with Crippen LogP contribution in [0, 0.1) is 5.92 Å². The number of methoxy groups -OCH3 is 1. The van der Waals surface area contributed by atoms with E-state index in [1.165, 1.54) is 5.56 Å². The SMILES string of the molecule is COc1cc(CN2CCC(C(=O)N[C@@H](C)c3ccccc3)CC2)ccc1OCc1ccccc1. The molecule has 1 N–H and O–H groups in total. The average Bonchev–Trinajstić information content (AvgIpc) is 2.89. The van der Waals surface area contributed by atoms with E-state index in [1.807, 2.05) is 61.5 Å². The summed E-state index contributed by atoms with van der Waals surface area (Å²) in [5.41, 5.74) is 3.45. The number of nitrogens with one attached hydrogen (secondary N) is 1. The van der Waals surface area contributed by atoms with Gasteiger partial charge in [0.15, 0.2) is 11.5 Å². The summed E-state index contributed by atoms with van der Waals surface area (Å²) in [6.07, 6.45) is 1.76. The minimum Gasteiger partial charge on any atom is -0.493 e. The second-order valence-corrected chi connectivity index (χ2v) is 8.95. The molecule has 0 aliphatic carbocycles. The van der Waals surface area contributed by atoms with Gasteiger partial charge in [-0.3, -0.25) is 9.69 Å². The first-order chi connectivity index (χ1) is 16.6. The average molecular weight is 459 g/mol. The fraction of sp³-hybridized carbons (Fsp3) is 0.345. The van der Waals surface area contributed by atoms with Crippen LogP contribution in [0.5, 0.6) is 11.5 Å². The van der Waals surface area contributed by atoms with E-state index >= 15 is 0 Å². The summed E-state index contributed by atoms with van der Waals surface area (Å²) < 4.78 is 11.6. The zero-order valence-corrected chi connectivity index (χ0v) is 20.1. The van der Waals surface area contributed by atoms with Crippen molar-refractivity contribution in [1.82, 2.24) is 10.2 Å². The number of ether oxygens (including phenoxy) is 2. The standard InChI is InChI=1S/C29H34N2O3/c1-22(25-11-7-4-8-12-25)30-29(32)26-15-17-31(18-16-26)20-24-13-14-27(28(19-24)33-2)34-21-23-9-5-3-6-10-23/h3-14,19,22,26H,15-18,20-21H2,1-2H3,(H,30,32)/t22-/m0/s1. The van der Waals surface area contributed by atoms with Gasteiger partial charge in [-0.1, -0.05) is 66.7 Å². The Balaban J connectivity index is 1.26.